The van der Waals surface area contributed by atoms with E-state index in [2.05, 4.69) is 6.58 Å². The van der Waals surface area contributed by atoms with Gasteiger partial charge in [0.1, 0.15) is 0 Å². The van der Waals surface area contributed by atoms with Crippen molar-refractivity contribution in [3.8, 4) is 0 Å². The monoisotopic (exact) mass is 139 g/mol. The summed E-state index contributed by atoms with van der Waals surface area (Å²) in [6.07, 6.45) is 6.18. The van der Waals surface area contributed by atoms with E-state index in [0.29, 0.717) is 0 Å². The molecule has 0 radical (unpaired) electrons. The quantitative estimate of drug-likeness (QED) is 0.340. The summed E-state index contributed by atoms with van der Waals surface area (Å²) in [5.74, 6) is 0. The third kappa shape index (κ3) is 3.60. The third-order valence-corrected chi connectivity index (χ3v) is 0.873. The van der Waals surface area contributed by atoms with E-state index in [4.69, 9.17) is 0 Å². The highest BCUT2D eigenvalue weighted by atomic mass is 16.6. The van der Waals surface area contributed by atoms with Crippen molar-refractivity contribution in [1.29, 1.82) is 0 Å². The second kappa shape index (κ2) is 4.49. The molecule has 0 aromatic rings. The highest BCUT2D eigenvalue weighted by molar-refractivity contribution is 5.10. The Bertz CT molecular complexity index is 192. The average molecular weight is 139 g/mol. The molecule has 0 aliphatic carbocycles. The predicted molar refractivity (Wildman–Crippen MR) is 40.1 cm³/mol. The second-order valence-corrected chi connectivity index (χ2v) is 1.69. The maximum absolute atomic E-state index is 9.97. The highest BCUT2D eigenvalue weighted by Crippen LogP contribution is 1.92. The zero-order chi connectivity index (χ0) is 7.98. The highest BCUT2D eigenvalue weighted by Gasteiger charge is 1.96. The van der Waals surface area contributed by atoms with E-state index >= 15 is 0 Å². The van der Waals surface area contributed by atoms with E-state index in [1.807, 2.05) is 0 Å². The molecular weight excluding hydrogens is 130 g/mol. The molecule has 0 saturated carbocycles. The van der Waals surface area contributed by atoms with Crippen LogP contribution in [0.2, 0.25) is 0 Å². The Hall–Kier alpha value is -1.38. The van der Waals surface area contributed by atoms with Gasteiger partial charge in [0.15, 0.2) is 0 Å². The number of rotatable bonds is 3. The van der Waals surface area contributed by atoms with Gasteiger partial charge in [-0.25, -0.2) is 0 Å². The van der Waals surface area contributed by atoms with Gasteiger partial charge < -0.3 is 0 Å². The van der Waals surface area contributed by atoms with Gasteiger partial charge in [0.25, 0.3) is 0 Å². The first-order valence-corrected chi connectivity index (χ1v) is 2.79. The molecule has 0 unspecified atom stereocenters. The molecule has 0 heterocycles. The van der Waals surface area contributed by atoms with Crippen molar-refractivity contribution in [2.75, 3.05) is 0 Å². The molecule has 0 rings (SSSR count). The lowest BCUT2D eigenvalue weighted by molar-refractivity contribution is -0.424. The molecule has 0 fully saturated rings. The lowest BCUT2D eigenvalue weighted by Gasteiger charge is -1.83. The largest absolute Gasteiger partial charge is 0.259 e. The van der Waals surface area contributed by atoms with Crippen LogP contribution in [-0.4, -0.2) is 4.92 Å². The number of nitrogens with zero attached hydrogens (tertiary/aromatic N) is 1. The fourth-order valence-corrected chi connectivity index (χ4v) is 0.334. The van der Waals surface area contributed by atoms with Crippen molar-refractivity contribution >= 4 is 0 Å². The molecular formula is C7H9NO2. The Morgan fingerprint density at radius 1 is 1.60 bits per heavy atom. The summed E-state index contributed by atoms with van der Waals surface area (Å²) in [5, 5.41) is 9.97. The van der Waals surface area contributed by atoms with Crippen molar-refractivity contribution in [1.82, 2.24) is 0 Å². The Labute approximate surface area is 59.5 Å². The van der Waals surface area contributed by atoms with Crippen LogP contribution in [0, 0.1) is 10.1 Å². The molecule has 0 saturated heterocycles. The van der Waals surface area contributed by atoms with E-state index in [9.17, 15) is 10.1 Å². The Morgan fingerprint density at radius 3 is 2.60 bits per heavy atom. The fourth-order valence-electron chi connectivity index (χ4n) is 0.334. The topological polar surface area (TPSA) is 43.1 Å². The number of hydrogen-bond acceptors (Lipinski definition) is 2. The molecule has 0 N–H and O–H groups in total. The number of hydrogen-bond donors (Lipinski definition) is 0. The molecule has 0 aromatic heterocycles. The van der Waals surface area contributed by atoms with Gasteiger partial charge >= 0.3 is 0 Å². The SMILES string of the molecule is C=C/C=C\C=C(/C)[N+](=O)[O-]. The van der Waals surface area contributed by atoms with E-state index in [-0.39, 0.29) is 5.70 Å². The number of allylic oxidation sites excluding steroid dienone is 5. The standard InChI is InChI=1S/C7H9NO2/c1-3-4-5-6-7(2)8(9)10/h3-6H,1H2,2H3/b5-4-,7-6+. The van der Waals surface area contributed by atoms with Crippen LogP contribution >= 0.6 is 0 Å². The minimum atomic E-state index is -0.437. The van der Waals surface area contributed by atoms with Gasteiger partial charge in [-0.1, -0.05) is 24.8 Å². The summed E-state index contributed by atoms with van der Waals surface area (Å²) < 4.78 is 0. The summed E-state index contributed by atoms with van der Waals surface area (Å²) in [5.41, 5.74) is 0.123. The average Bonchev–Trinajstić information content (AvgIpc) is 1.88. The summed E-state index contributed by atoms with van der Waals surface area (Å²) in [6.45, 7) is 4.85. The zero-order valence-electron chi connectivity index (χ0n) is 5.78. The first-order chi connectivity index (χ1) is 4.68. The first kappa shape index (κ1) is 8.62. The zero-order valence-corrected chi connectivity index (χ0v) is 5.78. The van der Waals surface area contributed by atoms with Gasteiger partial charge in [0.05, 0.1) is 4.92 Å². The third-order valence-electron chi connectivity index (χ3n) is 0.873. The molecule has 3 heteroatoms. The van der Waals surface area contributed by atoms with Crippen molar-refractivity contribution in [3.63, 3.8) is 0 Å². The molecule has 0 aliphatic heterocycles. The normalized spacial score (nSPS) is 11.9. The lowest BCUT2D eigenvalue weighted by Crippen LogP contribution is -1.91. The minimum Gasteiger partial charge on any atom is -0.259 e. The molecule has 0 bridgehead atoms. The van der Waals surface area contributed by atoms with Crippen LogP contribution in [0.4, 0.5) is 0 Å². The molecule has 0 spiro atoms. The molecule has 54 valence electrons. The lowest BCUT2D eigenvalue weighted by atomic mass is 10.4. The fraction of sp³-hybridized carbons (Fsp3) is 0.143. The molecule has 0 atom stereocenters. The molecule has 0 aromatic carbocycles. The maximum atomic E-state index is 9.97. The molecule has 3 nitrogen and oxygen atoms in total. The summed E-state index contributed by atoms with van der Waals surface area (Å²) in [4.78, 5) is 9.53. The van der Waals surface area contributed by atoms with Crippen molar-refractivity contribution in [3.05, 3.63) is 46.7 Å². The van der Waals surface area contributed by atoms with Gasteiger partial charge in [-0.15, -0.1) is 0 Å². The molecule has 10 heavy (non-hydrogen) atoms. The van der Waals surface area contributed by atoms with Gasteiger partial charge in [0.2, 0.25) is 5.70 Å². The van der Waals surface area contributed by atoms with Crippen molar-refractivity contribution in [2.45, 2.75) is 6.92 Å². The van der Waals surface area contributed by atoms with Gasteiger partial charge in [-0.3, -0.25) is 10.1 Å². The van der Waals surface area contributed by atoms with Gasteiger partial charge in [-0.05, 0) is 0 Å². The molecule has 0 amide bonds. The summed E-state index contributed by atoms with van der Waals surface area (Å²) >= 11 is 0. The molecule has 0 aliphatic rings. The maximum Gasteiger partial charge on any atom is 0.243 e. The second-order valence-electron chi connectivity index (χ2n) is 1.69. The van der Waals surface area contributed by atoms with Crippen LogP contribution in [0.15, 0.2) is 36.6 Å². The van der Waals surface area contributed by atoms with Crippen LogP contribution in [0.25, 0.3) is 0 Å². The van der Waals surface area contributed by atoms with Crippen LogP contribution in [0.3, 0.4) is 0 Å². The van der Waals surface area contributed by atoms with Crippen molar-refractivity contribution in [2.24, 2.45) is 0 Å². The van der Waals surface area contributed by atoms with Crippen molar-refractivity contribution < 1.29 is 4.92 Å². The van der Waals surface area contributed by atoms with Crippen LogP contribution in [0.1, 0.15) is 6.92 Å². The van der Waals surface area contributed by atoms with E-state index in [1.54, 1.807) is 18.2 Å². The Balaban J connectivity index is 4.04. The Morgan fingerprint density at radius 2 is 2.20 bits per heavy atom. The van der Waals surface area contributed by atoms with E-state index < -0.39 is 4.92 Å². The van der Waals surface area contributed by atoms with Gasteiger partial charge in [0, 0.05) is 13.0 Å². The predicted octanol–water partition coefficient (Wildman–Crippen LogP) is 1.91. The van der Waals surface area contributed by atoms with Crippen LogP contribution in [0.5, 0.6) is 0 Å². The summed E-state index contributed by atoms with van der Waals surface area (Å²) in [6, 6.07) is 0. The van der Waals surface area contributed by atoms with Crippen LogP contribution < -0.4 is 0 Å². The minimum absolute atomic E-state index is 0.123. The Kier molecular flexibility index (Phi) is 3.87. The summed E-state index contributed by atoms with van der Waals surface area (Å²) in [7, 11) is 0. The van der Waals surface area contributed by atoms with E-state index in [1.165, 1.54) is 13.0 Å². The van der Waals surface area contributed by atoms with E-state index in [0.717, 1.165) is 0 Å². The first-order valence-electron chi connectivity index (χ1n) is 2.79. The van der Waals surface area contributed by atoms with Crippen LogP contribution in [-0.2, 0) is 0 Å². The van der Waals surface area contributed by atoms with Gasteiger partial charge in [-0.2, -0.15) is 0 Å². The smallest absolute Gasteiger partial charge is 0.243 e. The number of nitro groups is 1.